The molecule has 0 radical (unpaired) electrons. The summed E-state index contributed by atoms with van der Waals surface area (Å²) in [4.78, 5) is 11.9. The third kappa shape index (κ3) is 4.50. The fourth-order valence-corrected chi connectivity index (χ4v) is 2.24. The molecule has 0 bridgehead atoms. The van der Waals surface area contributed by atoms with Gasteiger partial charge < -0.3 is 10.1 Å². The number of benzene rings is 2. The topological polar surface area (TPSA) is 38.3 Å². The molecule has 0 heterocycles. The van der Waals surface area contributed by atoms with E-state index in [-0.39, 0.29) is 18.6 Å². The monoisotopic (exact) mass is 303 g/mol. The van der Waals surface area contributed by atoms with Crippen LogP contribution in [0.2, 0.25) is 5.02 Å². The molecule has 0 aliphatic carbocycles. The molecule has 0 fully saturated rings. The highest BCUT2D eigenvalue weighted by Crippen LogP contribution is 2.17. The summed E-state index contributed by atoms with van der Waals surface area (Å²) in [5, 5.41) is 3.57. The van der Waals surface area contributed by atoms with Gasteiger partial charge >= 0.3 is 0 Å². The van der Waals surface area contributed by atoms with Crippen LogP contribution in [0.15, 0.2) is 48.5 Å². The molecule has 0 aromatic heterocycles. The van der Waals surface area contributed by atoms with Crippen LogP contribution in [-0.2, 0) is 4.79 Å². The molecule has 2 aromatic rings. The molecule has 1 N–H and O–H groups in total. The van der Waals surface area contributed by atoms with Gasteiger partial charge in [-0.1, -0.05) is 35.9 Å². The lowest BCUT2D eigenvalue weighted by Gasteiger charge is -2.16. The minimum absolute atomic E-state index is 0.0160. The van der Waals surface area contributed by atoms with E-state index in [1.807, 2.05) is 38.1 Å². The van der Waals surface area contributed by atoms with Gasteiger partial charge in [0.2, 0.25) is 0 Å². The summed E-state index contributed by atoms with van der Waals surface area (Å²) < 4.78 is 5.42. The normalized spacial score (nSPS) is 11.8. The Labute approximate surface area is 129 Å². The number of carbonyl (C=O) groups excluding carboxylic acids is 1. The van der Waals surface area contributed by atoms with Crippen LogP contribution >= 0.6 is 11.6 Å². The summed E-state index contributed by atoms with van der Waals surface area (Å²) in [6, 6.07) is 14.9. The zero-order chi connectivity index (χ0) is 15.2. The Balaban J connectivity index is 1.87. The highest BCUT2D eigenvalue weighted by atomic mass is 35.5. The molecule has 1 amide bonds. The predicted molar refractivity (Wildman–Crippen MR) is 84.7 cm³/mol. The van der Waals surface area contributed by atoms with Crippen molar-refractivity contribution in [2.45, 2.75) is 19.9 Å². The van der Waals surface area contributed by atoms with Gasteiger partial charge in [-0.05, 0) is 49.2 Å². The van der Waals surface area contributed by atoms with Crippen molar-refractivity contribution in [3.8, 4) is 5.75 Å². The van der Waals surface area contributed by atoms with Gasteiger partial charge in [0.15, 0.2) is 6.61 Å². The summed E-state index contributed by atoms with van der Waals surface area (Å²) in [6.07, 6.45) is 0. The van der Waals surface area contributed by atoms with Crippen LogP contribution in [0.25, 0.3) is 0 Å². The Morgan fingerprint density at radius 3 is 2.52 bits per heavy atom. The fraction of sp³-hybridized carbons (Fsp3) is 0.235. The van der Waals surface area contributed by atoms with Crippen molar-refractivity contribution in [2.24, 2.45) is 0 Å². The van der Waals surface area contributed by atoms with Gasteiger partial charge in [0.25, 0.3) is 5.91 Å². The molecule has 0 saturated carbocycles. The zero-order valence-electron chi connectivity index (χ0n) is 12.1. The molecule has 110 valence electrons. The number of nitrogens with one attached hydrogen (secondary N) is 1. The number of carbonyl (C=O) groups is 1. The van der Waals surface area contributed by atoms with Gasteiger partial charge in [0.1, 0.15) is 5.75 Å². The summed E-state index contributed by atoms with van der Waals surface area (Å²) in [7, 11) is 0. The Morgan fingerprint density at radius 2 is 1.86 bits per heavy atom. The molecular weight excluding hydrogens is 286 g/mol. The summed E-state index contributed by atoms with van der Waals surface area (Å²) in [5.74, 6) is 0.471. The zero-order valence-corrected chi connectivity index (χ0v) is 12.9. The second kappa shape index (κ2) is 7.14. The van der Waals surface area contributed by atoms with Crippen molar-refractivity contribution in [3.63, 3.8) is 0 Å². The molecule has 1 atom stereocenters. The minimum atomic E-state index is -0.152. The molecule has 0 aliphatic heterocycles. The first kappa shape index (κ1) is 15.4. The van der Waals surface area contributed by atoms with Crippen molar-refractivity contribution in [1.29, 1.82) is 0 Å². The molecule has 3 nitrogen and oxygen atoms in total. The van der Waals surface area contributed by atoms with Crippen molar-refractivity contribution in [3.05, 3.63) is 64.7 Å². The van der Waals surface area contributed by atoms with E-state index < -0.39 is 0 Å². The van der Waals surface area contributed by atoms with E-state index in [9.17, 15) is 4.79 Å². The van der Waals surface area contributed by atoms with Gasteiger partial charge in [-0.25, -0.2) is 0 Å². The standard InChI is InChI=1S/C17H18ClNO2/c1-12-5-3-4-6-16(12)13(2)19-17(20)11-21-15-9-7-14(18)8-10-15/h3-10,13H,11H2,1-2H3,(H,19,20). The maximum Gasteiger partial charge on any atom is 0.258 e. The third-order valence-electron chi connectivity index (χ3n) is 3.22. The number of halogens is 1. The molecule has 1 unspecified atom stereocenters. The number of hydrogen-bond donors (Lipinski definition) is 1. The Hall–Kier alpha value is -2.00. The van der Waals surface area contributed by atoms with Gasteiger partial charge in [-0.3, -0.25) is 4.79 Å². The van der Waals surface area contributed by atoms with Crippen LogP contribution in [0.4, 0.5) is 0 Å². The Kier molecular flexibility index (Phi) is 5.23. The maximum absolute atomic E-state index is 11.9. The van der Waals surface area contributed by atoms with Crippen molar-refractivity contribution >= 4 is 17.5 Å². The fourth-order valence-electron chi connectivity index (χ4n) is 2.11. The molecular formula is C17H18ClNO2. The lowest BCUT2D eigenvalue weighted by molar-refractivity contribution is -0.123. The average Bonchev–Trinajstić information content (AvgIpc) is 2.47. The van der Waals surface area contributed by atoms with E-state index in [0.29, 0.717) is 10.8 Å². The molecule has 0 spiro atoms. The predicted octanol–water partition coefficient (Wildman–Crippen LogP) is 3.90. The van der Waals surface area contributed by atoms with Gasteiger partial charge in [-0.2, -0.15) is 0 Å². The highest BCUT2D eigenvalue weighted by molar-refractivity contribution is 6.30. The molecule has 2 aromatic carbocycles. The van der Waals surface area contributed by atoms with Crippen LogP contribution in [0.1, 0.15) is 24.1 Å². The average molecular weight is 304 g/mol. The lowest BCUT2D eigenvalue weighted by atomic mass is 10.0. The SMILES string of the molecule is Cc1ccccc1C(C)NC(=O)COc1ccc(Cl)cc1. The van der Waals surface area contributed by atoms with Crippen LogP contribution < -0.4 is 10.1 Å². The van der Waals surface area contributed by atoms with E-state index in [0.717, 1.165) is 11.1 Å². The molecule has 21 heavy (non-hydrogen) atoms. The highest BCUT2D eigenvalue weighted by Gasteiger charge is 2.11. The van der Waals surface area contributed by atoms with E-state index in [1.54, 1.807) is 24.3 Å². The van der Waals surface area contributed by atoms with Gasteiger partial charge in [-0.15, -0.1) is 0 Å². The lowest BCUT2D eigenvalue weighted by Crippen LogP contribution is -2.31. The number of rotatable bonds is 5. The first-order valence-electron chi connectivity index (χ1n) is 6.79. The summed E-state index contributed by atoms with van der Waals surface area (Å²) in [6.45, 7) is 3.97. The van der Waals surface area contributed by atoms with Gasteiger partial charge in [0.05, 0.1) is 6.04 Å². The Morgan fingerprint density at radius 1 is 1.19 bits per heavy atom. The summed E-state index contributed by atoms with van der Waals surface area (Å²) >= 11 is 5.79. The maximum atomic E-state index is 11.9. The van der Waals surface area contributed by atoms with E-state index in [2.05, 4.69) is 5.32 Å². The molecule has 4 heteroatoms. The van der Waals surface area contributed by atoms with Crippen LogP contribution in [0.3, 0.4) is 0 Å². The summed E-state index contributed by atoms with van der Waals surface area (Å²) in [5.41, 5.74) is 2.27. The number of aryl methyl sites for hydroxylation is 1. The number of hydrogen-bond acceptors (Lipinski definition) is 2. The Bertz CT molecular complexity index is 610. The number of amides is 1. The molecule has 0 aliphatic rings. The van der Waals surface area contributed by atoms with E-state index in [4.69, 9.17) is 16.3 Å². The van der Waals surface area contributed by atoms with Gasteiger partial charge in [0, 0.05) is 5.02 Å². The third-order valence-corrected chi connectivity index (χ3v) is 3.47. The van der Waals surface area contributed by atoms with Crippen molar-refractivity contribution in [1.82, 2.24) is 5.32 Å². The number of ether oxygens (including phenoxy) is 1. The molecule has 0 saturated heterocycles. The quantitative estimate of drug-likeness (QED) is 0.909. The van der Waals surface area contributed by atoms with Crippen molar-refractivity contribution < 1.29 is 9.53 Å². The molecule has 2 rings (SSSR count). The van der Waals surface area contributed by atoms with E-state index >= 15 is 0 Å². The largest absolute Gasteiger partial charge is 0.484 e. The van der Waals surface area contributed by atoms with Crippen molar-refractivity contribution in [2.75, 3.05) is 6.61 Å². The first-order chi connectivity index (χ1) is 10.1. The van der Waals surface area contributed by atoms with Crippen LogP contribution in [-0.4, -0.2) is 12.5 Å². The van der Waals surface area contributed by atoms with Crippen LogP contribution in [0.5, 0.6) is 5.75 Å². The van der Waals surface area contributed by atoms with Crippen LogP contribution in [0, 0.1) is 6.92 Å². The second-order valence-electron chi connectivity index (χ2n) is 4.89. The minimum Gasteiger partial charge on any atom is -0.484 e. The van der Waals surface area contributed by atoms with E-state index in [1.165, 1.54) is 0 Å². The first-order valence-corrected chi connectivity index (χ1v) is 7.17. The smallest absolute Gasteiger partial charge is 0.258 e. The second-order valence-corrected chi connectivity index (χ2v) is 5.32.